The number of nitrogens with zero attached hydrogens (tertiary/aromatic N) is 2. The highest BCUT2D eigenvalue weighted by Gasteiger charge is 2.37. The lowest BCUT2D eigenvalue weighted by atomic mass is 9.81. The summed E-state index contributed by atoms with van der Waals surface area (Å²) in [4.78, 5) is 10.5. The molecule has 2 nitrogen and oxygen atoms in total. The summed E-state index contributed by atoms with van der Waals surface area (Å²) in [6.45, 7) is 4.72. The molecule has 0 fully saturated rings. The van der Waals surface area contributed by atoms with Crippen LogP contribution in [-0.2, 0) is 5.41 Å². The van der Waals surface area contributed by atoms with Crippen LogP contribution >= 0.6 is 0 Å². The first-order valence-electron chi connectivity index (χ1n) is 19.1. The quantitative estimate of drug-likeness (QED) is 0.183. The fourth-order valence-electron chi connectivity index (χ4n) is 8.84. The van der Waals surface area contributed by atoms with E-state index in [9.17, 15) is 0 Å². The van der Waals surface area contributed by atoms with Crippen LogP contribution in [0.15, 0.2) is 182 Å². The van der Waals surface area contributed by atoms with Gasteiger partial charge < -0.3 is 0 Å². The van der Waals surface area contributed by atoms with Gasteiger partial charge in [-0.2, -0.15) is 0 Å². The monoisotopic (exact) mass is 700 g/mol. The zero-order valence-electron chi connectivity index (χ0n) is 30.7. The van der Waals surface area contributed by atoms with Crippen LogP contribution in [0.1, 0.15) is 25.0 Å². The summed E-state index contributed by atoms with van der Waals surface area (Å²) in [5, 5.41) is 9.72. The fourth-order valence-corrected chi connectivity index (χ4v) is 8.84. The van der Waals surface area contributed by atoms with Gasteiger partial charge in [-0.15, -0.1) is 0 Å². The van der Waals surface area contributed by atoms with Crippen LogP contribution in [0.3, 0.4) is 0 Å². The Morgan fingerprint density at radius 2 is 0.800 bits per heavy atom. The highest BCUT2D eigenvalue weighted by Crippen LogP contribution is 2.53. The summed E-state index contributed by atoms with van der Waals surface area (Å²) in [5.74, 6) is 0.712. The lowest BCUT2D eigenvalue weighted by Gasteiger charge is -2.22. The third-order valence-corrected chi connectivity index (χ3v) is 11.8. The minimum absolute atomic E-state index is 0.0924. The van der Waals surface area contributed by atoms with E-state index < -0.39 is 0 Å². The van der Waals surface area contributed by atoms with E-state index in [0.717, 1.165) is 33.5 Å². The summed E-state index contributed by atoms with van der Waals surface area (Å²) in [6, 6.07) is 66.1. The standard InChI is InChI=1S/C53H36N2/c1-53(2)47-17-9-16-45(51(47)46-30-38-14-7-8-15-39(38)31-48(46)53)40-22-18-35-21-25-43(29-44(35)28-40)52-54-49(41-23-19-33-10-3-5-12-36(33)26-41)32-50(55-52)42-24-20-34-11-4-6-13-37(34)27-42/h3-32H,1-2H3. The maximum atomic E-state index is 5.26. The Kier molecular flexibility index (Phi) is 6.93. The van der Waals surface area contributed by atoms with E-state index in [0.29, 0.717) is 5.82 Å². The number of benzene rings is 9. The van der Waals surface area contributed by atoms with Crippen molar-refractivity contribution in [3.8, 4) is 56.2 Å². The predicted molar refractivity (Wildman–Crippen MR) is 231 cm³/mol. The minimum atomic E-state index is -0.0924. The molecule has 0 radical (unpaired) electrons. The molecule has 0 atom stereocenters. The van der Waals surface area contributed by atoms with Crippen molar-refractivity contribution < 1.29 is 0 Å². The van der Waals surface area contributed by atoms with Crippen molar-refractivity contribution in [1.29, 1.82) is 0 Å². The average molecular weight is 701 g/mol. The van der Waals surface area contributed by atoms with E-state index in [4.69, 9.17) is 9.97 Å². The van der Waals surface area contributed by atoms with Crippen molar-refractivity contribution in [2.45, 2.75) is 19.3 Å². The second kappa shape index (κ2) is 12.1. The lowest BCUT2D eigenvalue weighted by molar-refractivity contribution is 0.661. The highest BCUT2D eigenvalue weighted by atomic mass is 14.9. The molecule has 11 rings (SSSR count). The normalized spacial score (nSPS) is 13.1. The first kappa shape index (κ1) is 31.6. The number of rotatable bonds is 4. The predicted octanol–water partition coefficient (Wildman–Crippen LogP) is 14.1. The Labute approximate surface area is 320 Å². The molecule has 0 amide bonds. The second-order valence-electron chi connectivity index (χ2n) is 15.5. The molecule has 1 aromatic heterocycles. The van der Waals surface area contributed by atoms with Gasteiger partial charge in [-0.1, -0.05) is 153 Å². The van der Waals surface area contributed by atoms with Crippen LogP contribution in [0.5, 0.6) is 0 Å². The van der Waals surface area contributed by atoms with Gasteiger partial charge in [0.15, 0.2) is 5.82 Å². The number of hydrogen-bond acceptors (Lipinski definition) is 2. The Balaban J connectivity index is 1.07. The van der Waals surface area contributed by atoms with Crippen LogP contribution in [0.4, 0.5) is 0 Å². The number of aromatic nitrogens is 2. The molecule has 0 N–H and O–H groups in total. The van der Waals surface area contributed by atoms with Crippen molar-refractivity contribution in [1.82, 2.24) is 9.97 Å². The third kappa shape index (κ3) is 5.17. The van der Waals surface area contributed by atoms with Crippen LogP contribution in [0, 0.1) is 0 Å². The molecule has 9 aromatic carbocycles. The summed E-state index contributed by atoms with van der Waals surface area (Å²) in [7, 11) is 0. The van der Waals surface area contributed by atoms with Crippen molar-refractivity contribution >= 4 is 43.1 Å². The minimum Gasteiger partial charge on any atom is -0.228 e. The number of fused-ring (bicyclic) bond motifs is 7. The Morgan fingerprint density at radius 3 is 1.42 bits per heavy atom. The molecule has 0 bridgehead atoms. The molecule has 10 aromatic rings. The Bertz CT molecular complexity index is 3090. The summed E-state index contributed by atoms with van der Waals surface area (Å²) < 4.78 is 0. The van der Waals surface area contributed by atoms with E-state index in [1.54, 1.807) is 0 Å². The topological polar surface area (TPSA) is 25.8 Å². The van der Waals surface area contributed by atoms with Gasteiger partial charge in [0.1, 0.15) is 0 Å². The van der Waals surface area contributed by atoms with Crippen LogP contribution in [0.25, 0.3) is 99.2 Å². The first-order chi connectivity index (χ1) is 27.0. The molecule has 55 heavy (non-hydrogen) atoms. The van der Waals surface area contributed by atoms with Gasteiger partial charge in [0.2, 0.25) is 0 Å². The van der Waals surface area contributed by atoms with E-state index >= 15 is 0 Å². The molecule has 0 spiro atoms. The molecule has 0 unspecified atom stereocenters. The summed E-state index contributed by atoms with van der Waals surface area (Å²) >= 11 is 0. The molecule has 2 heteroatoms. The smallest absolute Gasteiger partial charge is 0.160 e. The zero-order chi connectivity index (χ0) is 36.7. The summed E-state index contributed by atoms with van der Waals surface area (Å²) in [6.07, 6.45) is 0. The Morgan fingerprint density at radius 1 is 0.327 bits per heavy atom. The van der Waals surface area contributed by atoms with E-state index in [1.807, 2.05) is 0 Å². The largest absolute Gasteiger partial charge is 0.228 e. The SMILES string of the molecule is CC1(C)c2cc3ccccc3cc2-c2c(-c3ccc4ccc(-c5nc(-c6ccc7ccccc7c6)cc(-c6ccc7ccccc7c6)n5)cc4c3)cccc21. The molecule has 1 aliphatic carbocycles. The van der Waals surface area contributed by atoms with Gasteiger partial charge in [0.05, 0.1) is 11.4 Å². The third-order valence-electron chi connectivity index (χ3n) is 11.8. The van der Waals surface area contributed by atoms with Gasteiger partial charge in [0.25, 0.3) is 0 Å². The molecular weight excluding hydrogens is 665 g/mol. The van der Waals surface area contributed by atoms with Gasteiger partial charge in [-0.25, -0.2) is 9.97 Å². The summed E-state index contributed by atoms with van der Waals surface area (Å²) in [5.41, 5.74) is 12.8. The van der Waals surface area contributed by atoms with Crippen LogP contribution in [-0.4, -0.2) is 9.97 Å². The van der Waals surface area contributed by atoms with Crippen LogP contribution in [0.2, 0.25) is 0 Å². The number of hydrogen-bond donors (Lipinski definition) is 0. The fraction of sp³-hybridized carbons (Fsp3) is 0.0566. The molecule has 0 saturated carbocycles. The van der Waals surface area contributed by atoms with E-state index in [2.05, 4.69) is 196 Å². The van der Waals surface area contributed by atoms with Crippen LogP contribution < -0.4 is 0 Å². The van der Waals surface area contributed by atoms with Crippen molar-refractivity contribution in [3.63, 3.8) is 0 Å². The maximum Gasteiger partial charge on any atom is 0.160 e. The molecule has 0 aliphatic heterocycles. The van der Waals surface area contributed by atoms with Gasteiger partial charge >= 0.3 is 0 Å². The Hall–Kier alpha value is -6.90. The maximum absolute atomic E-state index is 5.26. The van der Waals surface area contributed by atoms with E-state index in [-0.39, 0.29) is 5.41 Å². The molecule has 0 saturated heterocycles. The van der Waals surface area contributed by atoms with Gasteiger partial charge in [-0.05, 0) is 119 Å². The molecule has 258 valence electrons. The highest BCUT2D eigenvalue weighted by molar-refractivity contribution is 6.00. The van der Waals surface area contributed by atoms with E-state index in [1.165, 1.54) is 71.1 Å². The van der Waals surface area contributed by atoms with Crippen molar-refractivity contribution in [3.05, 3.63) is 193 Å². The molecule has 1 heterocycles. The molecule has 1 aliphatic rings. The second-order valence-corrected chi connectivity index (χ2v) is 15.5. The lowest BCUT2D eigenvalue weighted by Crippen LogP contribution is -2.14. The van der Waals surface area contributed by atoms with Crippen molar-refractivity contribution in [2.75, 3.05) is 0 Å². The zero-order valence-corrected chi connectivity index (χ0v) is 30.7. The van der Waals surface area contributed by atoms with Gasteiger partial charge in [0, 0.05) is 22.1 Å². The van der Waals surface area contributed by atoms with Crippen molar-refractivity contribution in [2.24, 2.45) is 0 Å². The average Bonchev–Trinajstić information content (AvgIpc) is 3.46. The van der Waals surface area contributed by atoms with Gasteiger partial charge in [-0.3, -0.25) is 0 Å². The first-order valence-corrected chi connectivity index (χ1v) is 19.1. The molecular formula is C53H36N2.